The molecule has 2 aliphatic rings. The van der Waals surface area contributed by atoms with E-state index in [9.17, 15) is 14.7 Å². The van der Waals surface area contributed by atoms with Crippen molar-refractivity contribution in [1.29, 1.82) is 0 Å². The van der Waals surface area contributed by atoms with Gasteiger partial charge in [0.25, 0.3) is 11.9 Å². The molecule has 0 saturated carbocycles. The molecule has 0 radical (unpaired) electrons. The zero-order chi connectivity index (χ0) is 18.1. The van der Waals surface area contributed by atoms with Crippen molar-refractivity contribution >= 4 is 11.9 Å². The summed E-state index contributed by atoms with van der Waals surface area (Å²) < 4.78 is 16.5. The smallest absolute Gasteiger partial charge is 0.311 e. The highest BCUT2D eigenvalue weighted by atomic mass is 16.6. The van der Waals surface area contributed by atoms with Crippen LogP contribution in [0.25, 0.3) is 0 Å². The van der Waals surface area contributed by atoms with Crippen LogP contribution >= 0.6 is 0 Å². The standard InChI is InChI=1S/C19H19NO6/c21-17(15-6-7-16(26-15)25-14-4-2-1-3-5-14)20-10-13-11-24-9-8-19(13,12-20)18(22)23/h1-7,13H,8-12H2,(H,22,23)/t13-,19+/m1/s1. The zero-order valence-electron chi connectivity index (χ0n) is 14.1. The summed E-state index contributed by atoms with van der Waals surface area (Å²) in [6, 6.07) is 12.2. The van der Waals surface area contributed by atoms with Crippen LogP contribution in [0.4, 0.5) is 0 Å². The van der Waals surface area contributed by atoms with Gasteiger partial charge in [-0.3, -0.25) is 9.59 Å². The molecule has 0 spiro atoms. The van der Waals surface area contributed by atoms with Crippen LogP contribution in [0.15, 0.2) is 46.9 Å². The third-order valence-electron chi connectivity index (χ3n) is 5.17. The van der Waals surface area contributed by atoms with Crippen LogP contribution in [0.1, 0.15) is 17.0 Å². The van der Waals surface area contributed by atoms with Crippen molar-refractivity contribution in [2.24, 2.45) is 11.3 Å². The van der Waals surface area contributed by atoms with E-state index in [1.54, 1.807) is 29.2 Å². The van der Waals surface area contributed by atoms with Crippen molar-refractivity contribution in [1.82, 2.24) is 4.90 Å². The van der Waals surface area contributed by atoms with Crippen LogP contribution < -0.4 is 4.74 Å². The van der Waals surface area contributed by atoms with E-state index in [1.165, 1.54) is 0 Å². The van der Waals surface area contributed by atoms with Gasteiger partial charge in [0.2, 0.25) is 0 Å². The molecule has 7 heteroatoms. The first kappa shape index (κ1) is 16.7. The summed E-state index contributed by atoms with van der Waals surface area (Å²) in [5.74, 6) is -0.442. The monoisotopic (exact) mass is 357 g/mol. The van der Waals surface area contributed by atoms with Crippen molar-refractivity contribution in [3.05, 3.63) is 48.2 Å². The highest BCUT2D eigenvalue weighted by Gasteiger charge is 2.55. The van der Waals surface area contributed by atoms with Gasteiger partial charge in [0.05, 0.1) is 12.0 Å². The lowest BCUT2D eigenvalue weighted by atomic mass is 9.74. The number of hydrogen-bond donors (Lipinski definition) is 1. The number of furan rings is 1. The number of carboxylic acids is 1. The van der Waals surface area contributed by atoms with Gasteiger partial charge in [-0.1, -0.05) is 18.2 Å². The minimum Gasteiger partial charge on any atom is -0.481 e. The number of carbonyl (C=O) groups excluding carboxylic acids is 1. The van der Waals surface area contributed by atoms with Gasteiger partial charge >= 0.3 is 5.97 Å². The Labute approximate surface area is 150 Å². The van der Waals surface area contributed by atoms with Gasteiger partial charge in [-0.15, -0.1) is 0 Å². The number of benzene rings is 1. The Morgan fingerprint density at radius 2 is 2.00 bits per heavy atom. The molecular weight excluding hydrogens is 338 g/mol. The Hall–Kier alpha value is -2.80. The summed E-state index contributed by atoms with van der Waals surface area (Å²) in [5.41, 5.74) is -0.927. The molecule has 136 valence electrons. The highest BCUT2D eigenvalue weighted by molar-refractivity contribution is 5.92. The van der Waals surface area contributed by atoms with Crippen molar-refractivity contribution in [3.8, 4) is 11.7 Å². The summed E-state index contributed by atoms with van der Waals surface area (Å²) in [4.78, 5) is 26.1. The lowest BCUT2D eigenvalue weighted by Gasteiger charge is -2.33. The Kier molecular flexibility index (Phi) is 4.16. The Morgan fingerprint density at radius 3 is 2.73 bits per heavy atom. The number of fused-ring (bicyclic) bond motifs is 1. The van der Waals surface area contributed by atoms with Gasteiger partial charge in [0, 0.05) is 31.7 Å². The lowest BCUT2D eigenvalue weighted by molar-refractivity contribution is -0.157. The number of carboxylic acid groups (broad SMARTS) is 1. The zero-order valence-corrected chi connectivity index (χ0v) is 14.1. The van der Waals surface area contributed by atoms with E-state index in [0.29, 0.717) is 31.9 Å². The Balaban J connectivity index is 1.49. The van der Waals surface area contributed by atoms with Gasteiger partial charge in [0.1, 0.15) is 5.75 Å². The molecule has 0 unspecified atom stereocenters. The molecule has 3 heterocycles. The molecule has 4 rings (SSSR count). The van der Waals surface area contributed by atoms with Crippen LogP contribution in [0, 0.1) is 11.3 Å². The average Bonchev–Trinajstić information content (AvgIpc) is 3.27. The molecule has 1 aromatic carbocycles. The molecule has 0 bridgehead atoms. The van der Waals surface area contributed by atoms with E-state index in [4.69, 9.17) is 13.9 Å². The summed E-state index contributed by atoms with van der Waals surface area (Å²) in [6.07, 6.45) is 0.414. The van der Waals surface area contributed by atoms with Crippen LogP contribution in [-0.2, 0) is 9.53 Å². The van der Waals surface area contributed by atoms with Crippen LogP contribution in [0.3, 0.4) is 0 Å². The van der Waals surface area contributed by atoms with Gasteiger partial charge < -0.3 is 23.9 Å². The molecule has 2 atom stereocenters. The van der Waals surface area contributed by atoms with Crippen molar-refractivity contribution in [2.45, 2.75) is 6.42 Å². The molecule has 2 aliphatic heterocycles. The van der Waals surface area contributed by atoms with Gasteiger partial charge in [-0.05, 0) is 24.6 Å². The molecule has 2 saturated heterocycles. The van der Waals surface area contributed by atoms with Crippen LogP contribution in [-0.4, -0.2) is 48.2 Å². The second kappa shape index (κ2) is 6.49. The fourth-order valence-corrected chi connectivity index (χ4v) is 3.70. The number of nitrogens with zero attached hydrogens (tertiary/aromatic N) is 1. The maximum Gasteiger partial charge on any atom is 0.311 e. The number of ether oxygens (including phenoxy) is 2. The minimum absolute atomic E-state index is 0.135. The highest BCUT2D eigenvalue weighted by Crippen LogP contribution is 2.43. The van der Waals surface area contributed by atoms with Crippen molar-refractivity contribution in [3.63, 3.8) is 0 Å². The molecule has 0 aliphatic carbocycles. The summed E-state index contributed by atoms with van der Waals surface area (Å²) in [7, 11) is 0. The van der Waals surface area contributed by atoms with E-state index in [2.05, 4.69) is 0 Å². The normalized spacial score (nSPS) is 24.9. The van der Waals surface area contributed by atoms with E-state index in [0.717, 1.165) is 0 Å². The topological polar surface area (TPSA) is 89.2 Å². The summed E-state index contributed by atoms with van der Waals surface area (Å²) >= 11 is 0. The molecule has 26 heavy (non-hydrogen) atoms. The molecule has 2 fully saturated rings. The maximum absolute atomic E-state index is 12.8. The second-order valence-corrected chi connectivity index (χ2v) is 6.70. The average molecular weight is 357 g/mol. The number of para-hydroxylation sites is 1. The number of carbonyl (C=O) groups is 2. The second-order valence-electron chi connectivity index (χ2n) is 6.70. The third kappa shape index (κ3) is 2.84. The van der Waals surface area contributed by atoms with Crippen LogP contribution in [0.5, 0.6) is 11.7 Å². The van der Waals surface area contributed by atoms with Crippen molar-refractivity contribution < 1.29 is 28.6 Å². The van der Waals surface area contributed by atoms with Gasteiger partial charge in [-0.2, -0.15) is 0 Å². The number of rotatable bonds is 4. The lowest BCUT2D eigenvalue weighted by Crippen LogP contribution is -2.45. The molecule has 1 amide bonds. The number of hydrogen-bond acceptors (Lipinski definition) is 5. The molecule has 1 aromatic heterocycles. The predicted octanol–water partition coefficient (Wildman–Crippen LogP) is 2.64. The number of amides is 1. The number of aliphatic carboxylic acids is 1. The maximum atomic E-state index is 12.8. The summed E-state index contributed by atoms with van der Waals surface area (Å²) in [5, 5.41) is 9.70. The fourth-order valence-electron chi connectivity index (χ4n) is 3.70. The molecule has 1 N–H and O–H groups in total. The molecule has 7 nitrogen and oxygen atoms in total. The third-order valence-corrected chi connectivity index (χ3v) is 5.17. The van der Waals surface area contributed by atoms with Gasteiger partial charge in [0.15, 0.2) is 5.76 Å². The van der Waals surface area contributed by atoms with Crippen molar-refractivity contribution in [2.75, 3.05) is 26.3 Å². The largest absolute Gasteiger partial charge is 0.481 e. The first-order chi connectivity index (χ1) is 12.6. The van der Waals surface area contributed by atoms with E-state index < -0.39 is 11.4 Å². The van der Waals surface area contributed by atoms with E-state index in [-0.39, 0.29) is 30.1 Å². The fraction of sp³-hybridized carbons (Fsp3) is 0.368. The first-order valence-corrected chi connectivity index (χ1v) is 8.52. The first-order valence-electron chi connectivity index (χ1n) is 8.52. The quantitative estimate of drug-likeness (QED) is 0.905. The number of likely N-dealkylation sites (tertiary alicyclic amines) is 1. The Bertz CT molecular complexity index is 816. The SMILES string of the molecule is O=C(c1ccc(Oc2ccccc2)o1)N1C[C@@H]2COCC[C@]2(C(=O)O)C1. The van der Waals surface area contributed by atoms with E-state index >= 15 is 0 Å². The summed E-state index contributed by atoms with van der Waals surface area (Å²) in [6.45, 7) is 1.28. The molecule has 2 aromatic rings. The minimum atomic E-state index is -0.927. The Morgan fingerprint density at radius 1 is 1.19 bits per heavy atom. The van der Waals surface area contributed by atoms with E-state index in [1.807, 2.05) is 18.2 Å². The van der Waals surface area contributed by atoms with Crippen LogP contribution in [0.2, 0.25) is 0 Å². The molecular formula is C19H19NO6. The van der Waals surface area contributed by atoms with Gasteiger partial charge in [-0.25, -0.2) is 0 Å². The predicted molar refractivity (Wildman–Crippen MR) is 90.1 cm³/mol.